The summed E-state index contributed by atoms with van der Waals surface area (Å²) in [5.41, 5.74) is -0.209. The van der Waals surface area contributed by atoms with Gasteiger partial charge in [0.15, 0.2) is 0 Å². The van der Waals surface area contributed by atoms with Gasteiger partial charge < -0.3 is 5.32 Å². The van der Waals surface area contributed by atoms with Crippen molar-refractivity contribution >= 4 is 0 Å². The van der Waals surface area contributed by atoms with E-state index < -0.39 is 17.8 Å². The number of piperazine rings is 1. The van der Waals surface area contributed by atoms with Crippen LogP contribution in [0.4, 0.5) is 13.2 Å². The molecule has 1 saturated heterocycles. The number of nitrogens with zero attached hydrogens (tertiary/aromatic N) is 1. The topological polar surface area (TPSA) is 15.3 Å². The molecule has 2 nitrogen and oxygen atoms in total. The summed E-state index contributed by atoms with van der Waals surface area (Å²) in [6, 6.07) is 6.62. The van der Waals surface area contributed by atoms with Gasteiger partial charge in [0, 0.05) is 25.2 Å². The molecule has 1 fully saturated rings. The smallest absolute Gasteiger partial charge is 0.314 e. The Morgan fingerprint density at radius 1 is 1.21 bits per heavy atom. The molecule has 1 N–H and O–H groups in total. The largest absolute Gasteiger partial charge is 0.408 e. The third-order valence-corrected chi connectivity index (χ3v) is 3.60. The first kappa shape index (κ1) is 14.3. The number of benzene rings is 1. The van der Waals surface area contributed by atoms with E-state index >= 15 is 0 Å². The molecule has 1 aliphatic heterocycles. The van der Waals surface area contributed by atoms with Crippen LogP contribution in [-0.4, -0.2) is 36.2 Å². The average molecular weight is 272 g/mol. The Kier molecular flexibility index (Phi) is 3.87. The van der Waals surface area contributed by atoms with Gasteiger partial charge in [-0.1, -0.05) is 30.3 Å². The minimum absolute atomic E-state index is 0.310. The zero-order valence-electron chi connectivity index (χ0n) is 11.2. The Morgan fingerprint density at radius 3 is 2.37 bits per heavy atom. The van der Waals surface area contributed by atoms with Crippen LogP contribution < -0.4 is 5.32 Å². The summed E-state index contributed by atoms with van der Waals surface area (Å²) in [6.45, 7) is 5.24. The number of rotatable bonds is 2. The SMILES string of the molecule is CC1(C)CNCCN1C(c1ccccc1)C(F)(F)F. The molecule has 2 rings (SSSR count). The number of nitrogens with one attached hydrogen (secondary N) is 1. The molecule has 5 heteroatoms. The highest BCUT2D eigenvalue weighted by Crippen LogP contribution is 2.41. The van der Waals surface area contributed by atoms with Crippen LogP contribution >= 0.6 is 0 Å². The lowest BCUT2D eigenvalue weighted by molar-refractivity contribution is -0.202. The maximum Gasteiger partial charge on any atom is 0.408 e. The Hall–Kier alpha value is -1.07. The van der Waals surface area contributed by atoms with E-state index in [1.165, 1.54) is 0 Å². The van der Waals surface area contributed by atoms with Crippen molar-refractivity contribution in [1.82, 2.24) is 10.2 Å². The normalized spacial score (nSPS) is 22.2. The van der Waals surface area contributed by atoms with Gasteiger partial charge in [-0.05, 0) is 19.4 Å². The molecule has 1 unspecified atom stereocenters. The zero-order chi connectivity index (χ0) is 14.1. The van der Waals surface area contributed by atoms with E-state index in [1.54, 1.807) is 35.2 Å². The second kappa shape index (κ2) is 5.13. The van der Waals surface area contributed by atoms with Crippen molar-refractivity contribution in [3.8, 4) is 0 Å². The summed E-state index contributed by atoms with van der Waals surface area (Å²) in [7, 11) is 0. The van der Waals surface area contributed by atoms with Crippen molar-refractivity contribution in [3.05, 3.63) is 35.9 Å². The van der Waals surface area contributed by atoms with Crippen molar-refractivity contribution in [2.45, 2.75) is 31.6 Å². The minimum Gasteiger partial charge on any atom is -0.314 e. The van der Waals surface area contributed by atoms with Gasteiger partial charge in [0.05, 0.1) is 0 Å². The van der Waals surface area contributed by atoms with Gasteiger partial charge in [-0.15, -0.1) is 0 Å². The highest BCUT2D eigenvalue weighted by molar-refractivity contribution is 5.21. The fourth-order valence-corrected chi connectivity index (χ4v) is 2.66. The summed E-state index contributed by atoms with van der Waals surface area (Å²) < 4.78 is 40.4. The van der Waals surface area contributed by atoms with Gasteiger partial charge in [0.25, 0.3) is 0 Å². The predicted molar refractivity (Wildman–Crippen MR) is 68.9 cm³/mol. The third kappa shape index (κ3) is 3.09. The predicted octanol–water partition coefficient (Wildman–Crippen LogP) is 2.97. The molecule has 0 radical (unpaired) electrons. The van der Waals surface area contributed by atoms with E-state index in [-0.39, 0.29) is 0 Å². The fraction of sp³-hybridized carbons (Fsp3) is 0.571. The zero-order valence-corrected chi connectivity index (χ0v) is 11.2. The quantitative estimate of drug-likeness (QED) is 0.890. The molecule has 0 amide bonds. The van der Waals surface area contributed by atoms with Crippen molar-refractivity contribution in [1.29, 1.82) is 0 Å². The number of alkyl halides is 3. The van der Waals surface area contributed by atoms with Gasteiger partial charge in [0.1, 0.15) is 6.04 Å². The van der Waals surface area contributed by atoms with Gasteiger partial charge in [-0.25, -0.2) is 0 Å². The summed E-state index contributed by atoms with van der Waals surface area (Å²) in [5, 5.41) is 3.15. The molecule has 19 heavy (non-hydrogen) atoms. The van der Waals surface area contributed by atoms with Crippen molar-refractivity contribution < 1.29 is 13.2 Å². The summed E-state index contributed by atoms with van der Waals surface area (Å²) >= 11 is 0. The van der Waals surface area contributed by atoms with Gasteiger partial charge in [-0.3, -0.25) is 4.90 Å². The molecule has 1 aliphatic rings. The highest BCUT2D eigenvalue weighted by atomic mass is 19.4. The second-order valence-electron chi connectivity index (χ2n) is 5.54. The maximum atomic E-state index is 13.5. The minimum atomic E-state index is -4.27. The Morgan fingerprint density at radius 2 is 1.84 bits per heavy atom. The van der Waals surface area contributed by atoms with E-state index in [4.69, 9.17) is 0 Å². The molecule has 1 heterocycles. The van der Waals surface area contributed by atoms with Crippen LogP contribution in [0.1, 0.15) is 25.5 Å². The Labute approximate surface area is 111 Å². The van der Waals surface area contributed by atoms with Crippen LogP contribution in [-0.2, 0) is 0 Å². The molecule has 0 aromatic heterocycles. The summed E-state index contributed by atoms with van der Waals surface area (Å²) in [4.78, 5) is 1.55. The third-order valence-electron chi connectivity index (χ3n) is 3.60. The van der Waals surface area contributed by atoms with E-state index in [2.05, 4.69) is 5.32 Å². The summed E-state index contributed by atoms with van der Waals surface area (Å²) in [6.07, 6.45) is -4.27. The van der Waals surface area contributed by atoms with Crippen molar-refractivity contribution in [2.24, 2.45) is 0 Å². The molecule has 1 aromatic rings. The average Bonchev–Trinajstić information content (AvgIpc) is 2.31. The molecule has 0 bridgehead atoms. The lowest BCUT2D eigenvalue weighted by atomic mass is 9.94. The summed E-state index contributed by atoms with van der Waals surface area (Å²) in [5.74, 6) is 0. The monoisotopic (exact) mass is 272 g/mol. The van der Waals surface area contributed by atoms with Gasteiger partial charge in [0.2, 0.25) is 0 Å². The standard InChI is InChI=1S/C14H19F3N2/c1-13(2)10-18-8-9-19(13)12(14(15,16)17)11-6-4-3-5-7-11/h3-7,12,18H,8-10H2,1-2H3. The van der Waals surface area contributed by atoms with E-state index in [1.807, 2.05) is 13.8 Å². The molecule has 0 spiro atoms. The van der Waals surface area contributed by atoms with Crippen LogP contribution in [0.3, 0.4) is 0 Å². The lowest BCUT2D eigenvalue weighted by Crippen LogP contribution is -2.60. The van der Waals surface area contributed by atoms with Crippen LogP contribution in [0.5, 0.6) is 0 Å². The first-order chi connectivity index (χ1) is 8.82. The highest BCUT2D eigenvalue weighted by Gasteiger charge is 2.49. The van der Waals surface area contributed by atoms with E-state index in [9.17, 15) is 13.2 Å². The van der Waals surface area contributed by atoms with E-state index in [0.29, 0.717) is 25.2 Å². The van der Waals surface area contributed by atoms with Crippen molar-refractivity contribution in [3.63, 3.8) is 0 Å². The molecule has 106 valence electrons. The number of hydrogen-bond acceptors (Lipinski definition) is 2. The first-order valence-electron chi connectivity index (χ1n) is 6.41. The van der Waals surface area contributed by atoms with Crippen LogP contribution in [0.15, 0.2) is 30.3 Å². The van der Waals surface area contributed by atoms with Gasteiger partial charge >= 0.3 is 6.18 Å². The second-order valence-corrected chi connectivity index (χ2v) is 5.54. The lowest BCUT2D eigenvalue weighted by Gasteiger charge is -2.47. The fourth-order valence-electron chi connectivity index (χ4n) is 2.66. The van der Waals surface area contributed by atoms with Crippen molar-refractivity contribution in [2.75, 3.05) is 19.6 Å². The Balaban J connectivity index is 2.39. The van der Waals surface area contributed by atoms with Gasteiger partial charge in [-0.2, -0.15) is 13.2 Å². The van der Waals surface area contributed by atoms with Crippen LogP contribution in [0, 0.1) is 0 Å². The molecule has 0 aliphatic carbocycles. The molecule has 0 saturated carbocycles. The maximum absolute atomic E-state index is 13.5. The van der Waals surface area contributed by atoms with Crippen LogP contribution in [0.2, 0.25) is 0 Å². The molecule has 1 atom stereocenters. The molecular formula is C14H19F3N2. The van der Waals surface area contributed by atoms with E-state index in [0.717, 1.165) is 0 Å². The molecular weight excluding hydrogens is 253 g/mol. The number of hydrogen-bond donors (Lipinski definition) is 1. The molecule has 1 aromatic carbocycles. The first-order valence-corrected chi connectivity index (χ1v) is 6.41. The number of halogens is 3. The van der Waals surface area contributed by atoms with Crippen LogP contribution in [0.25, 0.3) is 0 Å². The Bertz CT molecular complexity index is 414.